The molecule has 1 fully saturated rings. The van der Waals surface area contributed by atoms with Crippen LogP contribution in [-0.2, 0) is 6.61 Å². The second-order valence-corrected chi connectivity index (χ2v) is 3.32. The first-order valence-corrected chi connectivity index (χ1v) is 4.37. The number of oxazole rings is 1. The van der Waals surface area contributed by atoms with E-state index in [1.165, 1.54) is 6.26 Å². The molecular formula is C8H12N2O4. The SMILES string of the molecule is OCc1coc(N2CC(O)C(O)C2)n1. The minimum Gasteiger partial charge on any atom is -0.432 e. The van der Waals surface area contributed by atoms with Gasteiger partial charge in [0.2, 0.25) is 0 Å². The maximum Gasteiger partial charge on any atom is 0.297 e. The Morgan fingerprint density at radius 1 is 1.43 bits per heavy atom. The molecule has 0 bridgehead atoms. The Morgan fingerprint density at radius 2 is 2.07 bits per heavy atom. The molecule has 0 aliphatic carbocycles. The van der Waals surface area contributed by atoms with E-state index in [9.17, 15) is 10.2 Å². The van der Waals surface area contributed by atoms with Crippen LogP contribution in [0.2, 0.25) is 0 Å². The van der Waals surface area contributed by atoms with Crippen LogP contribution in [0.4, 0.5) is 6.01 Å². The fourth-order valence-corrected chi connectivity index (χ4v) is 1.44. The van der Waals surface area contributed by atoms with Crippen LogP contribution < -0.4 is 4.90 Å². The molecule has 2 atom stereocenters. The molecule has 0 amide bonds. The molecule has 1 aliphatic heterocycles. The molecule has 2 heterocycles. The molecule has 1 aromatic heterocycles. The fraction of sp³-hybridized carbons (Fsp3) is 0.625. The van der Waals surface area contributed by atoms with Crippen molar-refractivity contribution in [3.63, 3.8) is 0 Å². The van der Waals surface area contributed by atoms with Gasteiger partial charge in [0.1, 0.15) is 12.0 Å². The van der Waals surface area contributed by atoms with Gasteiger partial charge in [0.05, 0.1) is 31.9 Å². The van der Waals surface area contributed by atoms with Crippen LogP contribution in [0.1, 0.15) is 5.69 Å². The molecule has 0 saturated carbocycles. The van der Waals surface area contributed by atoms with Crippen molar-refractivity contribution in [3.05, 3.63) is 12.0 Å². The average molecular weight is 200 g/mol. The summed E-state index contributed by atoms with van der Waals surface area (Å²) in [6, 6.07) is 0.324. The largest absolute Gasteiger partial charge is 0.432 e. The molecule has 1 saturated heterocycles. The number of nitrogens with zero attached hydrogens (tertiary/aromatic N) is 2. The molecule has 1 aromatic rings. The zero-order chi connectivity index (χ0) is 10.1. The van der Waals surface area contributed by atoms with Crippen molar-refractivity contribution >= 4 is 6.01 Å². The van der Waals surface area contributed by atoms with E-state index in [1.807, 2.05) is 0 Å². The van der Waals surface area contributed by atoms with Crippen molar-refractivity contribution in [2.75, 3.05) is 18.0 Å². The molecule has 0 aromatic carbocycles. The Hall–Kier alpha value is -1.11. The Labute approximate surface area is 80.4 Å². The van der Waals surface area contributed by atoms with Gasteiger partial charge in [-0.05, 0) is 0 Å². The standard InChI is InChI=1S/C8H12N2O4/c11-3-5-4-14-8(9-5)10-1-6(12)7(13)2-10/h4,6-7,11-13H,1-3H2. The summed E-state index contributed by atoms with van der Waals surface area (Å²) in [7, 11) is 0. The van der Waals surface area contributed by atoms with Gasteiger partial charge in [0.15, 0.2) is 0 Å². The van der Waals surface area contributed by atoms with E-state index in [2.05, 4.69) is 4.98 Å². The summed E-state index contributed by atoms with van der Waals surface area (Å²) in [6.45, 7) is 0.418. The molecule has 3 N–H and O–H groups in total. The lowest BCUT2D eigenvalue weighted by molar-refractivity contribution is 0.0572. The van der Waals surface area contributed by atoms with Gasteiger partial charge in [-0.1, -0.05) is 0 Å². The quantitative estimate of drug-likeness (QED) is 0.550. The smallest absolute Gasteiger partial charge is 0.297 e. The predicted octanol–water partition coefficient (Wildman–Crippen LogP) is -1.29. The van der Waals surface area contributed by atoms with Gasteiger partial charge in [0.25, 0.3) is 6.01 Å². The topological polar surface area (TPSA) is 90.0 Å². The number of anilines is 1. The maximum atomic E-state index is 9.28. The van der Waals surface area contributed by atoms with Gasteiger partial charge in [-0.15, -0.1) is 0 Å². The first-order chi connectivity index (χ1) is 6.70. The molecule has 0 radical (unpaired) electrons. The third-order valence-corrected chi connectivity index (χ3v) is 2.23. The Bertz CT molecular complexity index is 304. The summed E-state index contributed by atoms with van der Waals surface area (Å²) < 4.78 is 5.07. The third kappa shape index (κ3) is 1.59. The maximum absolute atomic E-state index is 9.28. The molecule has 1 aliphatic rings. The number of aliphatic hydroxyl groups is 3. The number of aliphatic hydroxyl groups excluding tert-OH is 3. The minimum atomic E-state index is -0.764. The predicted molar refractivity (Wildman–Crippen MR) is 46.7 cm³/mol. The van der Waals surface area contributed by atoms with Gasteiger partial charge < -0.3 is 24.6 Å². The van der Waals surface area contributed by atoms with Crippen LogP contribution in [0.15, 0.2) is 10.7 Å². The Morgan fingerprint density at radius 3 is 2.57 bits per heavy atom. The van der Waals surface area contributed by atoms with E-state index >= 15 is 0 Å². The average Bonchev–Trinajstić information content (AvgIpc) is 2.74. The van der Waals surface area contributed by atoms with E-state index in [-0.39, 0.29) is 6.61 Å². The van der Waals surface area contributed by atoms with Crippen molar-refractivity contribution in [1.82, 2.24) is 4.98 Å². The summed E-state index contributed by atoms with van der Waals surface area (Å²) >= 11 is 0. The van der Waals surface area contributed by atoms with Gasteiger partial charge in [-0.3, -0.25) is 0 Å². The van der Waals surface area contributed by atoms with Crippen LogP contribution >= 0.6 is 0 Å². The molecule has 2 rings (SSSR count). The Balaban J connectivity index is 2.09. The van der Waals surface area contributed by atoms with Crippen molar-refractivity contribution in [2.45, 2.75) is 18.8 Å². The number of rotatable bonds is 2. The summed E-state index contributed by atoms with van der Waals surface area (Å²) in [5, 5.41) is 27.3. The van der Waals surface area contributed by atoms with Crippen molar-refractivity contribution in [2.24, 2.45) is 0 Å². The van der Waals surface area contributed by atoms with Crippen LogP contribution in [0.5, 0.6) is 0 Å². The van der Waals surface area contributed by atoms with E-state index < -0.39 is 12.2 Å². The van der Waals surface area contributed by atoms with Crippen molar-refractivity contribution in [3.8, 4) is 0 Å². The summed E-state index contributed by atoms with van der Waals surface area (Å²) in [5.74, 6) is 0. The monoisotopic (exact) mass is 200 g/mol. The third-order valence-electron chi connectivity index (χ3n) is 2.23. The van der Waals surface area contributed by atoms with Gasteiger partial charge in [0, 0.05) is 0 Å². The molecule has 6 heteroatoms. The molecule has 14 heavy (non-hydrogen) atoms. The van der Waals surface area contributed by atoms with Crippen LogP contribution in [0.25, 0.3) is 0 Å². The van der Waals surface area contributed by atoms with E-state index in [0.717, 1.165) is 0 Å². The summed E-state index contributed by atoms with van der Waals surface area (Å²) in [4.78, 5) is 5.60. The molecule has 6 nitrogen and oxygen atoms in total. The number of hydrogen-bond acceptors (Lipinski definition) is 6. The first-order valence-electron chi connectivity index (χ1n) is 4.37. The summed E-state index contributed by atoms with van der Waals surface area (Å²) in [6.07, 6.45) is -0.175. The van der Waals surface area contributed by atoms with Crippen molar-refractivity contribution < 1.29 is 19.7 Å². The van der Waals surface area contributed by atoms with Crippen LogP contribution in [0.3, 0.4) is 0 Å². The van der Waals surface area contributed by atoms with Crippen molar-refractivity contribution in [1.29, 1.82) is 0 Å². The highest BCUT2D eigenvalue weighted by Crippen LogP contribution is 2.19. The van der Waals surface area contributed by atoms with Gasteiger partial charge in [-0.25, -0.2) is 0 Å². The minimum absolute atomic E-state index is 0.178. The summed E-state index contributed by atoms with van der Waals surface area (Å²) in [5.41, 5.74) is 0.441. The second kappa shape index (κ2) is 3.56. The molecular weight excluding hydrogens is 188 g/mol. The number of β-amino-alcohol motifs (C(OH)–C–C–N with tert-alkyl or cyclic N) is 2. The first kappa shape index (κ1) is 9.45. The highest BCUT2D eigenvalue weighted by atomic mass is 16.4. The Kier molecular flexibility index (Phi) is 2.40. The zero-order valence-electron chi connectivity index (χ0n) is 7.50. The zero-order valence-corrected chi connectivity index (χ0v) is 7.50. The van der Waals surface area contributed by atoms with E-state index in [0.29, 0.717) is 24.8 Å². The number of aromatic nitrogens is 1. The lowest BCUT2D eigenvalue weighted by Gasteiger charge is -2.10. The van der Waals surface area contributed by atoms with E-state index in [4.69, 9.17) is 9.52 Å². The van der Waals surface area contributed by atoms with E-state index in [1.54, 1.807) is 4.90 Å². The molecule has 0 spiro atoms. The van der Waals surface area contributed by atoms with Crippen LogP contribution in [-0.4, -0.2) is 45.6 Å². The van der Waals surface area contributed by atoms with Gasteiger partial charge >= 0.3 is 0 Å². The molecule has 2 unspecified atom stereocenters. The highest BCUT2D eigenvalue weighted by molar-refractivity contribution is 5.30. The second-order valence-electron chi connectivity index (χ2n) is 3.32. The fourth-order valence-electron chi connectivity index (χ4n) is 1.44. The molecule has 78 valence electrons. The number of hydrogen-bond donors (Lipinski definition) is 3. The lowest BCUT2D eigenvalue weighted by Crippen LogP contribution is -2.22. The normalized spacial score (nSPS) is 27.2. The van der Waals surface area contributed by atoms with Gasteiger partial charge in [-0.2, -0.15) is 4.98 Å². The lowest BCUT2D eigenvalue weighted by atomic mass is 10.3. The van der Waals surface area contributed by atoms with Crippen LogP contribution in [0, 0.1) is 0 Å². The highest BCUT2D eigenvalue weighted by Gasteiger charge is 2.31.